The Labute approximate surface area is 86.2 Å². The van der Waals surface area contributed by atoms with Crippen LogP contribution in [0.2, 0.25) is 0 Å². The Morgan fingerprint density at radius 3 is 2.80 bits per heavy atom. The zero-order valence-electron chi connectivity index (χ0n) is 7.91. The summed E-state index contributed by atoms with van der Waals surface area (Å²) in [6, 6.07) is 9.94. The molecular formula is C11H8N4. The lowest BCUT2D eigenvalue weighted by Crippen LogP contribution is -1.94. The monoisotopic (exact) mass is 196 g/mol. The van der Waals surface area contributed by atoms with Gasteiger partial charge >= 0.3 is 0 Å². The third-order valence-electron chi connectivity index (χ3n) is 2.20. The standard InChI is InChI=1S/C11H8N4/c1-2-4-9(5-3-1)10-8-13-15-7-6-12-11(15)14-10/h1-8H. The molecule has 0 bridgehead atoms. The van der Waals surface area contributed by atoms with Gasteiger partial charge in [0.05, 0.1) is 18.1 Å². The van der Waals surface area contributed by atoms with Gasteiger partial charge in [0.15, 0.2) is 0 Å². The van der Waals surface area contributed by atoms with Crippen molar-refractivity contribution in [3.05, 3.63) is 48.9 Å². The lowest BCUT2D eigenvalue weighted by molar-refractivity contribution is 0.905. The minimum atomic E-state index is 0.622. The Morgan fingerprint density at radius 2 is 1.93 bits per heavy atom. The van der Waals surface area contributed by atoms with Crippen molar-refractivity contribution in [3.63, 3.8) is 0 Å². The molecule has 72 valence electrons. The Morgan fingerprint density at radius 1 is 1.07 bits per heavy atom. The van der Waals surface area contributed by atoms with Crippen molar-refractivity contribution >= 4 is 5.78 Å². The molecule has 0 N–H and O–H groups in total. The number of imidazole rings is 1. The topological polar surface area (TPSA) is 43.1 Å². The van der Waals surface area contributed by atoms with E-state index in [-0.39, 0.29) is 0 Å². The summed E-state index contributed by atoms with van der Waals surface area (Å²) in [7, 11) is 0. The third-order valence-corrected chi connectivity index (χ3v) is 2.20. The predicted molar refractivity (Wildman–Crippen MR) is 56.2 cm³/mol. The fourth-order valence-electron chi connectivity index (χ4n) is 1.46. The van der Waals surface area contributed by atoms with Crippen LogP contribution in [0.15, 0.2) is 48.9 Å². The molecule has 0 aliphatic rings. The fraction of sp³-hybridized carbons (Fsp3) is 0. The summed E-state index contributed by atoms with van der Waals surface area (Å²) in [6.07, 6.45) is 5.20. The summed E-state index contributed by atoms with van der Waals surface area (Å²) in [5.74, 6) is 0.622. The molecule has 0 saturated heterocycles. The van der Waals surface area contributed by atoms with Gasteiger partial charge in [0, 0.05) is 11.8 Å². The summed E-state index contributed by atoms with van der Waals surface area (Å²) in [5.41, 5.74) is 1.89. The SMILES string of the molecule is c1ccc(-c2cnn3ccnc3n2)cc1. The molecule has 3 aromatic rings. The first-order chi connectivity index (χ1) is 7.43. The smallest absolute Gasteiger partial charge is 0.218 e. The number of benzene rings is 1. The maximum absolute atomic E-state index is 4.39. The number of hydrogen-bond donors (Lipinski definition) is 0. The maximum Gasteiger partial charge on any atom is 0.251 e. The van der Waals surface area contributed by atoms with E-state index in [1.54, 1.807) is 23.1 Å². The molecule has 0 atom stereocenters. The van der Waals surface area contributed by atoms with Crippen LogP contribution in [-0.4, -0.2) is 19.6 Å². The molecule has 4 heteroatoms. The van der Waals surface area contributed by atoms with E-state index in [9.17, 15) is 0 Å². The second-order valence-electron chi connectivity index (χ2n) is 3.18. The fourth-order valence-corrected chi connectivity index (χ4v) is 1.46. The van der Waals surface area contributed by atoms with Gasteiger partial charge in [0.2, 0.25) is 0 Å². The summed E-state index contributed by atoms with van der Waals surface area (Å²) in [5, 5.41) is 4.21. The Bertz CT molecular complexity index is 586. The molecule has 0 fully saturated rings. The van der Waals surface area contributed by atoms with E-state index in [1.807, 2.05) is 30.3 Å². The van der Waals surface area contributed by atoms with E-state index in [0.29, 0.717) is 5.78 Å². The molecule has 3 rings (SSSR count). The van der Waals surface area contributed by atoms with Crippen LogP contribution in [0, 0.1) is 0 Å². The van der Waals surface area contributed by atoms with Crippen molar-refractivity contribution in [3.8, 4) is 11.3 Å². The lowest BCUT2D eigenvalue weighted by Gasteiger charge is -1.99. The van der Waals surface area contributed by atoms with Gasteiger partial charge in [-0.15, -0.1) is 0 Å². The van der Waals surface area contributed by atoms with E-state index in [1.165, 1.54) is 0 Å². The minimum Gasteiger partial charge on any atom is -0.218 e. The number of fused-ring (bicyclic) bond motifs is 1. The van der Waals surface area contributed by atoms with Gasteiger partial charge < -0.3 is 0 Å². The molecule has 0 saturated carbocycles. The zero-order valence-corrected chi connectivity index (χ0v) is 7.91. The van der Waals surface area contributed by atoms with Gasteiger partial charge in [-0.3, -0.25) is 0 Å². The van der Waals surface area contributed by atoms with Crippen molar-refractivity contribution in [2.75, 3.05) is 0 Å². The van der Waals surface area contributed by atoms with Crippen LogP contribution in [0.25, 0.3) is 17.0 Å². The molecule has 15 heavy (non-hydrogen) atoms. The first kappa shape index (κ1) is 8.11. The average Bonchev–Trinajstić information content (AvgIpc) is 2.77. The Hall–Kier alpha value is -2.23. The molecular weight excluding hydrogens is 188 g/mol. The summed E-state index contributed by atoms with van der Waals surface area (Å²) >= 11 is 0. The lowest BCUT2D eigenvalue weighted by atomic mass is 10.2. The van der Waals surface area contributed by atoms with Crippen LogP contribution in [0.5, 0.6) is 0 Å². The van der Waals surface area contributed by atoms with Gasteiger partial charge in [-0.05, 0) is 0 Å². The molecule has 0 aliphatic carbocycles. The molecule has 2 aromatic heterocycles. The summed E-state index contributed by atoms with van der Waals surface area (Å²) < 4.78 is 1.65. The molecule has 0 radical (unpaired) electrons. The Balaban J connectivity index is 2.19. The van der Waals surface area contributed by atoms with E-state index < -0.39 is 0 Å². The summed E-state index contributed by atoms with van der Waals surface area (Å²) in [4.78, 5) is 8.49. The molecule has 0 amide bonds. The number of nitrogens with zero attached hydrogens (tertiary/aromatic N) is 4. The zero-order chi connectivity index (χ0) is 10.1. The first-order valence-electron chi connectivity index (χ1n) is 4.65. The van der Waals surface area contributed by atoms with Gasteiger partial charge in [0.25, 0.3) is 5.78 Å². The van der Waals surface area contributed by atoms with Gasteiger partial charge in [0.1, 0.15) is 0 Å². The van der Waals surface area contributed by atoms with Gasteiger partial charge in [-0.2, -0.15) is 5.10 Å². The van der Waals surface area contributed by atoms with E-state index in [2.05, 4.69) is 15.1 Å². The van der Waals surface area contributed by atoms with Crippen molar-refractivity contribution in [2.45, 2.75) is 0 Å². The maximum atomic E-state index is 4.39. The molecule has 0 spiro atoms. The van der Waals surface area contributed by atoms with E-state index >= 15 is 0 Å². The Kier molecular flexibility index (Phi) is 1.71. The third kappa shape index (κ3) is 1.36. The van der Waals surface area contributed by atoms with Crippen LogP contribution in [-0.2, 0) is 0 Å². The van der Waals surface area contributed by atoms with Gasteiger partial charge in [-0.1, -0.05) is 30.3 Å². The average molecular weight is 196 g/mol. The first-order valence-corrected chi connectivity index (χ1v) is 4.65. The van der Waals surface area contributed by atoms with E-state index in [4.69, 9.17) is 0 Å². The largest absolute Gasteiger partial charge is 0.251 e. The highest BCUT2D eigenvalue weighted by Gasteiger charge is 2.01. The van der Waals surface area contributed by atoms with Crippen molar-refractivity contribution in [1.82, 2.24) is 19.6 Å². The second kappa shape index (κ2) is 3.16. The number of aromatic nitrogens is 4. The van der Waals surface area contributed by atoms with E-state index in [0.717, 1.165) is 11.3 Å². The van der Waals surface area contributed by atoms with Crippen LogP contribution >= 0.6 is 0 Å². The van der Waals surface area contributed by atoms with Crippen molar-refractivity contribution < 1.29 is 0 Å². The highest BCUT2D eigenvalue weighted by atomic mass is 15.3. The number of rotatable bonds is 1. The highest BCUT2D eigenvalue weighted by molar-refractivity contribution is 5.59. The van der Waals surface area contributed by atoms with Crippen LogP contribution in [0.3, 0.4) is 0 Å². The molecule has 1 aromatic carbocycles. The predicted octanol–water partition coefficient (Wildman–Crippen LogP) is 1.79. The normalized spacial score (nSPS) is 10.7. The molecule has 0 unspecified atom stereocenters. The van der Waals surface area contributed by atoms with Crippen LogP contribution in [0.1, 0.15) is 0 Å². The van der Waals surface area contributed by atoms with Gasteiger partial charge in [-0.25, -0.2) is 14.5 Å². The molecule has 0 aliphatic heterocycles. The minimum absolute atomic E-state index is 0.622. The molecule has 4 nitrogen and oxygen atoms in total. The summed E-state index contributed by atoms with van der Waals surface area (Å²) in [6.45, 7) is 0. The quantitative estimate of drug-likeness (QED) is 0.596. The van der Waals surface area contributed by atoms with Crippen molar-refractivity contribution in [1.29, 1.82) is 0 Å². The molecule has 2 heterocycles. The highest BCUT2D eigenvalue weighted by Crippen LogP contribution is 2.14. The van der Waals surface area contributed by atoms with Crippen LogP contribution < -0.4 is 0 Å². The van der Waals surface area contributed by atoms with Crippen LogP contribution in [0.4, 0.5) is 0 Å². The van der Waals surface area contributed by atoms with Crippen molar-refractivity contribution in [2.24, 2.45) is 0 Å². The second-order valence-corrected chi connectivity index (χ2v) is 3.18. The number of hydrogen-bond acceptors (Lipinski definition) is 3.